The molecule has 0 aliphatic heterocycles. The maximum Gasteiger partial charge on any atom is 0.0537 e. The molecule has 0 aliphatic carbocycles. The van der Waals surface area contributed by atoms with E-state index < -0.39 is 0 Å². The monoisotopic (exact) mass is 195 g/mol. The average molecular weight is 195 g/mol. The van der Waals surface area contributed by atoms with Crippen molar-refractivity contribution < 1.29 is 0 Å². The van der Waals surface area contributed by atoms with Crippen LogP contribution >= 0.6 is 0 Å². The zero-order valence-corrected chi connectivity index (χ0v) is 9.59. The molecule has 0 amide bonds. The van der Waals surface area contributed by atoms with Gasteiger partial charge in [-0.25, -0.2) is 0 Å². The van der Waals surface area contributed by atoms with Crippen LogP contribution in [0.15, 0.2) is 6.20 Å². The fourth-order valence-electron chi connectivity index (χ4n) is 1.50. The average Bonchev–Trinajstić information content (AvgIpc) is 2.50. The van der Waals surface area contributed by atoms with Crippen LogP contribution in [-0.4, -0.2) is 16.7 Å². The molecule has 80 valence electrons. The van der Waals surface area contributed by atoms with E-state index in [0.29, 0.717) is 6.04 Å². The second-order valence-electron chi connectivity index (χ2n) is 4.31. The topological polar surface area (TPSA) is 40.7 Å². The predicted molar refractivity (Wildman–Crippen MR) is 59.2 cm³/mol. The van der Waals surface area contributed by atoms with E-state index in [0.717, 1.165) is 18.2 Å². The first-order valence-corrected chi connectivity index (χ1v) is 5.34. The lowest BCUT2D eigenvalue weighted by molar-refractivity contribution is 0.496. The summed E-state index contributed by atoms with van der Waals surface area (Å²) in [4.78, 5) is 0. The van der Waals surface area contributed by atoms with Crippen molar-refractivity contribution in [3.8, 4) is 0 Å². The predicted octanol–water partition coefficient (Wildman–Crippen LogP) is 2.41. The molecule has 1 atom stereocenters. The molecule has 1 rings (SSSR count). The molecule has 0 fully saturated rings. The molecular weight excluding hydrogens is 174 g/mol. The third kappa shape index (κ3) is 3.14. The van der Waals surface area contributed by atoms with E-state index in [1.807, 2.05) is 6.20 Å². The van der Waals surface area contributed by atoms with Gasteiger partial charge >= 0.3 is 0 Å². The number of aryl methyl sites for hydroxylation is 1. The summed E-state index contributed by atoms with van der Waals surface area (Å²) < 4.78 is 0. The minimum absolute atomic E-state index is 0.396. The molecule has 0 saturated carbocycles. The van der Waals surface area contributed by atoms with E-state index in [4.69, 9.17) is 0 Å². The standard InChI is InChI=1S/C11H21N3/c1-8(2)5-6-12-9(3)11-7-13-14-10(11)4/h7-9,12H,5-6H2,1-4H3,(H,13,14). The summed E-state index contributed by atoms with van der Waals surface area (Å²) in [6.07, 6.45) is 3.13. The largest absolute Gasteiger partial charge is 0.310 e. The van der Waals surface area contributed by atoms with Crippen LogP contribution in [0, 0.1) is 12.8 Å². The minimum atomic E-state index is 0.396. The van der Waals surface area contributed by atoms with Gasteiger partial charge in [0, 0.05) is 17.3 Å². The van der Waals surface area contributed by atoms with Crippen LogP contribution in [0.25, 0.3) is 0 Å². The molecular formula is C11H21N3. The number of H-pyrrole nitrogens is 1. The quantitative estimate of drug-likeness (QED) is 0.757. The first-order valence-electron chi connectivity index (χ1n) is 5.34. The van der Waals surface area contributed by atoms with Crippen LogP contribution in [0.5, 0.6) is 0 Å². The second kappa shape index (κ2) is 5.15. The second-order valence-corrected chi connectivity index (χ2v) is 4.31. The summed E-state index contributed by atoms with van der Waals surface area (Å²) in [5, 5.41) is 10.5. The lowest BCUT2D eigenvalue weighted by Crippen LogP contribution is -2.21. The molecule has 0 aromatic carbocycles. The number of hydrogen-bond acceptors (Lipinski definition) is 2. The van der Waals surface area contributed by atoms with Crippen LogP contribution in [0.2, 0.25) is 0 Å². The minimum Gasteiger partial charge on any atom is -0.310 e. The lowest BCUT2D eigenvalue weighted by Gasteiger charge is -2.14. The summed E-state index contributed by atoms with van der Waals surface area (Å²) in [7, 11) is 0. The summed E-state index contributed by atoms with van der Waals surface area (Å²) in [6.45, 7) is 9.80. The number of rotatable bonds is 5. The van der Waals surface area contributed by atoms with Crippen molar-refractivity contribution in [1.29, 1.82) is 0 Å². The summed E-state index contributed by atoms with van der Waals surface area (Å²) in [6, 6.07) is 0.396. The number of nitrogens with one attached hydrogen (secondary N) is 2. The van der Waals surface area contributed by atoms with Crippen LogP contribution in [0.4, 0.5) is 0 Å². The van der Waals surface area contributed by atoms with E-state index in [-0.39, 0.29) is 0 Å². The van der Waals surface area contributed by atoms with Crippen molar-refractivity contribution in [3.05, 3.63) is 17.5 Å². The first kappa shape index (κ1) is 11.2. The number of hydrogen-bond donors (Lipinski definition) is 2. The summed E-state index contributed by atoms with van der Waals surface area (Å²) in [5.41, 5.74) is 2.43. The van der Waals surface area contributed by atoms with Crippen molar-refractivity contribution in [3.63, 3.8) is 0 Å². The zero-order chi connectivity index (χ0) is 10.6. The Hall–Kier alpha value is -0.830. The molecule has 0 bridgehead atoms. The zero-order valence-electron chi connectivity index (χ0n) is 9.59. The highest BCUT2D eigenvalue weighted by Crippen LogP contribution is 2.14. The molecule has 14 heavy (non-hydrogen) atoms. The molecule has 1 aromatic rings. The fourth-order valence-corrected chi connectivity index (χ4v) is 1.50. The Kier molecular flexibility index (Phi) is 4.14. The van der Waals surface area contributed by atoms with Gasteiger partial charge < -0.3 is 5.32 Å². The summed E-state index contributed by atoms with van der Waals surface area (Å²) in [5.74, 6) is 0.764. The van der Waals surface area contributed by atoms with Crippen molar-refractivity contribution in [2.24, 2.45) is 5.92 Å². The van der Waals surface area contributed by atoms with Crippen molar-refractivity contribution in [2.45, 2.75) is 40.2 Å². The Bertz CT molecular complexity index is 265. The van der Waals surface area contributed by atoms with Gasteiger partial charge in [-0.05, 0) is 32.7 Å². The third-order valence-electron chi connectivity index (χ3n) is 2.51. The van der Waals surface area contributed by atoms with Gasteiger partial charge in [0.15, 0.2) is 0 Å². The van der Waals surface area contributed by atoms with Gasteiger partial charge in [-0.2, -0.15) is 5.10 Å². The van der Waals surface area contributed by atoms with Gasteiger partial charge in [0.2, 0.25) is 0 Å². The molecule has 3 heteroatoms. The van der Waals surface area contributed by atoms with Gasteiger partial charge in [-0.1, -0.05) is 13.8 Å². The molecule has 0 radical (unpaired) electrons. The van der Waals surface area contributed by atoms with E-state index in [1.54, 1.807) is 0 Å². The fraction of sp³-hybridized carbons (Fsp3) is 0.727. The summed E-state index contributed by atoms with van der Waals surface area (Å²) >= 11 is 0. The van der Waals surface area contributed by atoms with E-state index in [9.17, 15) is 0 Å². The third-order valence-corrected chi connectivity index (χ3v) is 2.51. The van der Waals surface area contributed by atoms with Gasteiger partial charge in [-0.15, -0.1) is 0 Å². The van der Waals surface area contributed by atoms with Crippen molar-refractivity contribution in [2.75, 3.05) is 6.54 Å². The number of aromatic amines is 1. The molecule has 2 N–H and O–H groups in total. The van der Waals surface area contributed by atoms with Gasteiger partial charge in [0.25, 0.3) is 0 Å². The SMILES string of the molecule is Cc1[nH]ncc1C(C)NCCC(C)C. The Morgan fingerprint density at radius 1 is 1.43 bits per heavy atom. The van der Waals surface area contributed by atoms with Gasteiger partial charge in [0.1, 0.15) is 0 Å². The highest BCUT2D eigenvalue weighted by Gasteiger charge is 2.08. The molecule has 1 unspecified atom stereocenters. The van der Waals surface area contributed by atoms with Gasteiger partial charge in [0.05, 0.1) is 6.20 Å². The van der Waals surface area contributed by atoms with Gasteiger partial charge in [-0.3, -0.25) is 5.10 Å². The Balaban J connectivity index is 2.36. The Morgan fingerprint density at radius 2 is 2.14 bits per heavy atom. The highest BCUT2D eigenvalue weighted by molar-refractivity contribution is 5.18. The number of nitrogens with zero attached hydrogens (tertiary/aromatic N) is 1. The highest BCUT2D eigenvalue weighted by atomic mass is 15.1. The molecule has 0 spiro atoms. The maximum absolute atomic E-state index is 4.02. The molecule has 1 aromatic heterocycles. The Morgan fingerprint density at radius 3 is 2.64 bits per heavy atom. The smallest absolute Gasteiger partial charge is 0.0537 e. The van der Waals surface area contributed by atoms with Crippen LogP contribution in [0.1, 0.15) is 44.5 Å². The van der Waals surface area contributed by atoms with E-state index in [2.05, 4.69) is 43.2 Å². The maximum atomic E-state index is 4.02. The van der Waals surface area contributed by atoms with Crippen molar-refractivity contribution in [1.82, 2.24) is 15.5 Å². The first-order chi connectivity index (χ1) is 6.61. The van der Waals surface area contributed by atoms with E-state index >= 15 is 0 Å². The Labute approximate surface area is 86.3 Å². The molecule has 1 heterocycles. The van der Waals surface area contributed by atoms with Crippen LogP contribution in [-0.2, 0) is 0 Å². The lowest BCUT2D eigenvalue weighted by atomic mass is 10.1. The van der Waals surface area contributed by atoms with Crippen molar-refractivity contribution >= 4 is 0 Å². The van der Waals surface area contributed by atoms with Crippen LogP contribution in [0.3, 0.4) is 0 Å². The van der Waals surface area contributed by atoms with E-state index in [1.165, 1.54) is 12.0 Å². The normalized spacial score (nSPS) is 13.5. The number of aromatic nitrogens is 2. The molecule has 0 saturated heterocycles. The molecule has 0 aliphatic rings. The van der Waals surface area contributed by atoms with Crippen LogP contribution < -0.4 is 5.32 Å². The molecule has 3 nitrogen and oxygen atoms in total.